The van der Waals surface area contributed by atoms with E-state index in [1.54, 1.807) is 48.8 Å². The maximum Gasteiger partial charge on any atom is 0.236 e. The number of pyridine rings is 1. The molecule has 1 atom stereocenters. The first-order valence-corrected chi connectivity index (χ1v) is 16.1. The molecule has 0 radical (unpaired) electrons. The maximum absolute atomic E-state index is 13.1. The molecule has 2 aromatic heterocycles. The number of sulfonamides is 1. The van der Waals surface area contributed by atoms with Crippen molar-refractivity contribution < 1.29 is 13.2 Å². The molecule has 3 aromatic carbocycles. The van der Waals surface area contributed by atoms with Gasteiger partial charge in [-0.05, 0) is 73.8 Å². The Bertz CT molecular complexity index is 1860. The molecule has 1 aliphatic rings. The Kier molecular flexibility index (Phi) is 8.42. The van der Waals surface area contributed by atoms with E-state index in [1.807, 2.05) is 43.3 Å². The van der Waals surface area contributed by atoms with Gasteiger partial charge in [-0.1, -0.05) is 48.0 Å². The minimum absolute atomic E-state index is 0.180. The lowest BCUT2D eigenvalue weighted by Gasteiger charge is -2.23. The van der Waals surface area contributed by atoms with Crippen molar-refractivity contribution in [3.05, 3.63) is 101 Å². The average Bonchev–Trinajstić information content (AvgIpc) is 3.00. The summed E-state index contributed by atoms with van der Waals surface area (Å²) in [5, 5.41) is 8.83. The molecule has 0 spiro atoms. The fraction of sp³-hybridized carbons (Fsp3) is 0.219. The fourth-order valence-corrected chi connectivity index (χ4v) is 6.51. The van der Waals surface area contributed by atoms with Crippen molar-refractivity contribution in [1.82, 2.24) is 20.3 Å². The van der Waals surface area contributed by atoms with Gasteiger partial charge in [0.2, 0.25) is 21.9 Å². The fourth-order valence-electron chi connectivity index (χ4n) is 5.17. The van der Waals surface area contributed by atoms with Gasteiger partial charge < -0.3 is 15.4 Å². The predicted octanol–water partition coefficient (Wildman–Crippen LogP) is 6.55. The zero-order valence-corrected chi connectivity index (χ0v) is 25.1. The third-order valence-electron chi connectivity index (χ3n) is 7.28. The molecule has 43 heavy (non-hydrogen) atoms. The number of ether oxygens (including phenoxy) is 1. The zero-order chi connectivity index (χ0) is 29.8. The van der Waals surface area contributed by atoms with E-state index >= 15 is 0 Å². The zero-order valence-electron chi connectivity index (χ0n) is 23.5. The number of fused-ring (bicyclic) bond motifs is 1. The second kappa shape index (κ2) is 12.5. The van der Waals surface area contributed by atoms with Crippen LogP contribution >= 0.6 is 11.6 Å². The Morgan fingerprint density at radius 2 is 1.84 bits per heavy atom. The van der Waals surface area contributed by atoms with E-state index in [2.05, 4.69) is 25.3 Å². The lowest BCUT2D eigenvalue weighted by molar-refractivity contribution is 0.466. The van der Waals surface area contributed by atoms with E-state index in [0.717, 1.165) is 36.9 Å². The van der Waals surface area contributed by atoms with Gasteiger partial charge in [0.15, 0.2) is 0 Å². The molecule has 0 unspecified atom stereocenters. The van der Waals surface area contributed by atoms with Crippen LogP contribution < -0.4 is 20.1 Å². The van der Waals surface area contributed by atoms with E-state index in [9.17, 15) is 8.42 Å². The number of rotatable bonds is 9. The number of hydrogen-bond acceptors (Lipinski definition) is 8. The molecular weight excluding hydrogens is 584 g/mol. The van der Waals surface area contributed by atoms with Crippen molar-refractivity contribution in [3.8, 4) is 22.9 Å². The summed E-state index contributed by atoms with van der Waals surface area (Å²) in [4.78, 5) is 13.7. The molecule has 0 saturated carbocycles. The molecule has 5 aromatic rings. The van der Waals surface area contributed by atoms with Crippen LogP contribution in [0, 0.1) is 6.92 Å². The van der Waals surface area contributed by atoms with Crippen LogP contribution in [-0.2, 0) is 15.8 Å². The number of piperidine rings is 1. The van der Waals surface area contributed by atoms with E-state index in [0.29, 0.717) is 50.5 Å². The number of nitrogens with one attached hydrogen (secondary N) is 3. The molecule has 0 aliphatic carbocycles. The number of aryl methyl sites for hydroxylation is 1. The van der Waals surface area contributed by atoms with Gasteiger partial charge in [-0.3, -0.25) is 4.72 Å². The minimum atomic E-state index is -3.70. The smallest absolute Gasteiger partial charge is 0.236 e. The van der Waals surface area contributed by atoms with Gasteiger partial charge in [-0.2, -0.15) is 0 Å². The van der Waals surface area contributed by atoms with Crippen molar-refractivity contribution in [3.63, 3.8) is 0 Å². The van der Waals surface area contributed by atoms with Crippen LogP contribution in [0.25, 0.3) is 22.0 Å². The highest BCUT2D eigenvalue weighted by Gasteiger charge is 2.19. The highest BCUT2D eigenvalue weighted by molar-refractivity contribution is 7.91. The highest BCUT2D eigenvalue weighted by atomic mass is 35.5. The molecule has 3 N–H and O–H groups in total. The lowest BCUT2D eigenvalue weighted by Crippen LogP contribution is -2.38. The normalized spacial score (nSPS) is 15.3. The van der Waals surface area contributed by atoms with E-state index in [4.69, 9.17) is 21.3 Å². The summed E-state index contributed by atoms with van der Waals surface area (Å²) in [6.45, 7) is 3.84. The number of benzene rings is 3. The first kappa shape index (κ1) is 28.9. The van der Waals surface area contributed by atoms with Crippen LogP contribution in [-0.4, -0.2) is 42.5 Å². The van der Waals surface area contributed by atoms with Crippen molar-refractivity contribution in [2.75, 3.05) is 23.1 Å². The van der Waals surface area contributed by atoms with Gasteiger partial charge >= 0.3 is 0 Å². The molecule has 11 heteroatoms. The molecule has 220 valence electrons. The third kappa shape index (κ3) is 6.88. The summed E-state index contributed by atoms with van der Waals surface area (Å²) in [6, 6.07) is 21.8. The minimum Gasteiger partial charge on any atom is -0.437 e. The van der Waals surface area contributed by atoms with Crippen molar-refractivity contribution in [2.24, 2.45) is 0 Å². The van der Waals surface area contributed by atoms with E-state index < -0.39 is 10.0 Å². The Morgan fingerprint density at radius 3 is 2.65 bits per heavy atom. The molecule has 9 nitrogen and oxygen atoms in total. The van der Waals surface area contributed by atoms with Crippen molar-refractivity contribution >= 4 is 44.0 Å². The molecule has 1 saturated heterocycles. The Balaban J connectivity index is 1.29. The number of halogens is 1. The van der Waals surface area contributed by atoms with Gasteiger partial charge in [-0.15, -0.1) is 0 Å². The predicted molar refractivity (Wildman–Crippen MR) is 171 cm³/mol. The van der Waals surface area contributed by atoms with Crippen molar-refractivity contribution in [2.45, 2.75) is 31.6 Å². The van der Waals surface area contributed by atoms with Crippen LogP contribution in [0.2, 0.25) is 5.02 Å². The Morgan fingerprint density at radius 1 is 0.977 bits per heavy atom. The summed E-state index contributed by atoms with van der Waals surface area (Å²) in [5.41, 5.74) is 3.36. The van der Waals surface area contributed by atoms with Crippen molar-refractivity contribution in [1.29, 1.82) is 0 Å². The highest BCUT2D eigenvalue weighted by Crippen LogP contribution is 2.39. The van der Waals surface area contributed by atoms with Gasteiger partial charge in [0.05, 0.1) is 22.7 Å². The van der Waals surface area contributed by atoms with Crippen LogP contribution in [0.4, 0.5) is 11.6 Å². The number of aromatic nitrogens is 3. The average molecular weight is 615 g/mol. The topological polar surface area (TPSA) is 118 Å². The van der Waals surface area contributed by atoms with Crippen LogP contribution in [0.3, 0.4) is 0 Å². The summed E-state index contributed by atoms with van der Waals surface area (Å²) < 4.78 is 35.4. The summed E-state index contributed by atoms with van der Waals surface area (Å²) in [5.74, 6) is 1.34. The van der Waals surface area contributed by atoms with Crippen LogP contribution in [0.1, 0.15) is 24.0 Å². The van der Waals surface area contributed by atoms with Crippen LogP contribution in [0.15, 0.2) is 85.2 Å². The molecule has 3 heterocycles. The first-order chi connectivity index (χ1) is 20.8. The Hall–Kier alpha value is -4.25. The van der Waals surface area contributed by atoms with Crippen LogP contribution in [0.5, 0.6) is 11.6 Å². The van der Waals surface area contributed by atoms with Gasteiger partial charge in [0.25, 0.3) is 0 Å². The number of nitrogens with zero attached hydrogens (tertiary/aromatic N) is 3. The molecule has 0 amide bonds. The SMILES string of the molecule is Cc1ccc2c(NS(=O)(=O)Cc3ccc(Cl)cc3)cccc2c1Oc1ncccc1-c1ccnc(N[C@H]2CCCNC2)n1. The van der Waals surface area contributed by atoms with Gasteiger partial charge in [-0.25, -0.2) is 23.4 Å². The van der Waals surface area contributed by atoms with E-state index in [1.165, 1.54) is 0 Å². The summed E-state index contributed by atoms with van der Waals surface area (Å²) >= 11 is 5.96. The second-order valence-corrected chi connectivity index (χ2v) is 12.7. The molecular formula is C32H31ClN6O3S. The monoisotopic (exact) mass is 614 g/mol. The quantitative estimate of drug-likeness (QED) is 0.171. The first-order valence-electron chi connectivity index (χ1n) is 14.1. The van der Waals surface area contributed by atoms with Gasteiger partial charge in [0.1, 0.15) is 5.75 Å². The van der Waals surface area contributed by atoms with Gasteiger partial charge in [0, 0.05) is 40.8 Å². The second-order valence-electron chi connectivity index (χ2n) is 10.5. The molecule has 1 aliphatic heterocycles. The lowest BCUT2D eigenvalue weighted by atomic mass is 10.0. The molecule has 1 fully saturated rings. The Labute approximate surface area is 255 Å². The number of hydrogen-bond donors (Lipinski definition) is 3. The summed E-state index contributed by atoms with van der Waals surface area (Å²) in [6.07, 6.45) is 5.56. The molecule has 0 bridgehead atoms. The standard InChI is InChI=1S/C32H31ClN6O3S/c1-21-9-14-25-26(6-2-8-29(25)39-43(40,41)20-22-10-12-23(33)13-11-22)30(21)42-31-27(7-4-17-35-31)28-15-18-36-32(38-28)37-24-5-3-16-34-19-24/h2,4,6-15,17-18,24,34,39H,3,5,16,19-20H2,1H3,(H,36,37,38)/t24-/m0/s1. The van der Waals surface area contributed by atoms with E-state index in [-0.39, 0.29) is 11.8 Å². The third-order valence-corrected chi connectivity index (χ3v) is 8.77. The largest absolute Gasteiger partial charge is 0.437 e. The summed E-state index contributed by atoms with van der Waals surface area (Å²) in [7, 11) is -3.70. The molecule has 6 rings (SSSR count). The maximum atomic E-state index is 13.1. The number of anilines is 2.